The van der Waals surface area contributed by atoms with Gasteiger partial charge < -0.3 is 4.90 Å². The topological polar surface area (TPSA) is 63.9 Å². The molecule has 0 N–H and O–H groups in total. The van der Waals surface area contributed by atoms with E-state index in [1.807, 2.05) is 23.2 Å². The molecule has 0 spiro atoms. The van der Waals surface area contributed by atoms with Crippen LogP contribution in [0.15, 0.2) is 53.4 Å². The van der Waals surface area contributed by atoms with Crippen LogP contribution in [0.2, 0.25) is 0 Å². The molecule has 2 bridgehead atoms. The van der Waals surface area contributed by atoms with E-state index in [9.17, 15) is 9.18 Å². The van der Waals surface area contributed by atoms with Gasteiger partial charge in [0.05, 0.1) is 18.0 Å². The lowest BCUT2D eigenvalue weighted by molar-refractivity contribution is 0.0718. The molecule has 5 rings (SSSR count). The third-order valence-corrected chi connectivity index (χ3v) is 6.46. The second-order valence-corrected chi connectivity index (χ2v) is 8.55. The van der Waals surface area contributed by atoms with Crippen LogP contribution in [0.25, 0.3) is 5.69 Å². The Morgan fingerprint density at radius 2 is 2.00 bits per heavy atom. The Labute approximate surface area is 175 Å². The van der Waals surface area contributed by atoms with Gasteiger partial charge in [-0.15, -0.1) is 4.80 Å². The summed E-state index contributed by atoms with van der Waals surface area (Å²) in [6.07, 6.45) is 8.52. The van der Waals surface area contributed by atoms with Gasteiger partial charge in [-0.3, -0.25) is 9.78 Å². The van der Waals surface area contributed by atoms with Crippen molar-refractivity contribution < 1.29 is 9.18 Å². The van der Waals surface area contributed by atoms with Crippen molar-refractivity contribution in [3.8, 4) is 5.69 Å². The minimum absolute atomic E-state index is 0.111. The van der Waals surface area contributed by atoms with Gasteiger partial charge in [0.15, 0.2) is 5.82 Å². The largest absolute Gasteiger partial charge is 0.332 e. The molecule has 2 aliphatic heterocycles. The van der Waals surface area contributed by atoms with Crippen molar-refractivity contribution in [3.05, 3.63) is 70.5 Å². The minimum Gasteiger partial charge on any atom is -0.332 e. The number of benzene rings is 1. The highest BCUT2D eigenvalue weighted by molar-refractivity contribution is 9.10. The zero-order valence-electron chi connectivity index (χ0n) is 15.6. The number of carbonyl (C=O) groups excluding carboxylic acids is 1. The quantitative estimate of drug-likeness (QED) is 0.599. The Morgan fingerprint density at radius 1 is 1.17 bits per heavy atom. The number of hydrogen-bond donors (Lipinski definition) is 0. The average Bonchev–Trinajstić information content (AvgIpc) is 3.45. The molecule has 29 heavy (non-hydrogen) atoms. The molecule has 2 fully saturated rings. The zero-order chi connectivity index (χ0) is 20.0. The molecular weight excluding hydrogens is 437 g/mol. The van der Waals surface area contributed by atoms with Crippen LogP contribution >= 0.6 is 15.9 Å². The first-order valence-corrected chi connectivity index (χ1v) is 10.5. The Bertz CT molecular complexity index is 1040. The molecule has 6 nitrogen and oxygen atoms in total. The highest BCUT2D eigenvalue weighted by atomic mass is 79.9. The SMILES string of the molecule is O=C(c1cccc(F)c1-n1nccn1)N1C2CCC1C(Cc1ccc(Br)cn1)C2. The van der Waals surface area contributed by atoms with E-state index >= 15 is 0 Å². The number of nitrogens with zero attached hydrogens (tertiary/aromatic N) is 5. The van der Waals surface area contributed by atoms with E-state index in [2.05, 4.69) is 31.1 Å². The van der Waals surface area contributed by atoms with Gasteiger partial charge in [0.1, 0.15) is 5.69 Å². The van der Waals surface area contributed by atoms with E-state index in [1.165, 1.54) is 23.3 Å². The molecule has 148 valence electrons. The number of amides is 1. The van der Waals surface area contributed by atoms with Crippen LogP contribution in [-0.2, 0) is 6.42 Å². The fraction of sp³-hybridized carbons (Fsp3) is 0.333. The molecule has 2 saturated heterocycles. The van der Waals surface area contributed by atoms with Gasteiger partial charge >= 0.3 is 0 Å². The third kappa shape index (κ3) is 3.25. The molecule has 1 aromatic carbocycles. The summed E-state index contributed by atoms with van der Waals surface area (Å²) in [4.78, 5) is 21.1. The van der Waals surface area contributed by atoms with Crippen molar-refractivity contribution in [1.82, 2.24) is 24.9 Å². The van der Waals surface area contributed by atoms with Crippen molar-refractivity contribution >= 4 is 21.8 Å². The smallest absolute Gasteiger partial charge is 0.256 e. The van der Waals surface area contributed by atoms with E-state index in [-0.39, 0.29) is 23.7 Å². The van der Waals surface area contributed by atoms with Crippen molar-refractivity contribution in [2.24, 2.45) is 5.92 Å². The van der Waals surface area contributed by atoms with Crippen LogP contribution in [-0.4, -0.2) is 42.9 Å². The summed E-state index contributed by atoms with van der Waals surface area (Å²) in [5.41, 5.74) is 1.45. The van der Waals surface area contributed by atoms with E-state index in [4.69, 9.17) is 0 Å². The molecule has 8 heteroatoms. The molecule has 3 aromatic rings. The molecule has 3 unspecified atom stereocenters. The van der Waals surface area contributed by atoms with Gasteiger partial charge in [0, 0.05) is 28.4 Å². The van der Waals surface area contributed by atoms with Crippen LogP contribution in [0.3, 0.4) is 0 Å². The third-order valence-electron chi connectivity index (χ3n) is 6.00. The number of aromatic nitrogens is 4. The minimum atomic E-state index is -0.505. The fourth-order valence-electron chi connectivity index (χ4n) is 4.81. The van der Waals surface area contributed by atoms with Crippen LogP contribution in [0.4, 0.5) is 4.39 Å². The normalized spacial score (nSPS) is 23.0. The number of hydrogen-bond acceptors (Lipinski definition) is 4. The van der Waals surface area contributed by atoms with Crippen LogP contribution in [0.1, 0.15) is 35.3 Å². The first kappa shape index (κ1) is 18.4. The number of carbonyl (C=O) groups is 1. The van der Waals surface area contributed by atoms with E-state index in [0.717, 1.165) is 35.8 Å². The van der Waals surface area contributed by atoms with Crippen molar-refractivity contribution in [3.63, 3.8) is 0 Å². The van der Waals surface area contributed by atoms with Crippen molar-refractivity contribution in [2.75, 3.05) is 0 Å². The second-order valence-electron chi connectivity index (χ2n) is 7.63. The van der Waals surface area contributed by atoms with Gasteiger partial charge in [-0.25, -0.2) is 4.39 Å². The van der Waals surface area contributed by atoms with Gasteiger partial charge in [-0.1, -0.05) is 6.07 Å². The number of halogens is 2. The average molecular weight is 456 g/mol. The standard InChI is InChI=1S/C21H19BrFN5O/c22-14-4-5-15(24-12-14)10-13-11-16-6-7-19(13)27(16)21(29)17-2-1-3-18(23)20(17)28-25-8-9-26-28/h1-5,8-9,12-13,16,19H,6-7,10-11H2. The molecular formula is C21H19BrFN5O. The zero-order valence-corrected chi connectivity index (χ0v) is 17.2. The Hall–Kier alpha value is -2.61. The maximum absolute atomic E-state index is 14.6. The molecule has 3 atom stereocenters. The number of rotatable bonds is 4. The fourth-order valence-corrected chi connectivity index (χ4v) is 5.04. The molecule has 0 radical (unpaired) electrons. The van der Waals surface area contributed by atoms with Crippen molar-refractivity contribution in [2.45, 2.75) is 37.8 Å². The summed E-state index contributed by atoms with van der Waals surface area (Å²) in [5, 5.41) is 8.06. The van der Waals surface area contributed by atoms with E-state index in [0.29, 0.717) is 11.5 Å². The van der Waals surface area contributed by atoms with Gasteiger partial charge in [-0.05, 0) is 71.8 Å². The number of fused-ring (bicyclic) bond motifs is 2. The molecule has 0 saturated carbocycles. The van der Waals surface area contributed by atoms with E-state index < -0.39 is 5.82 Å². The lowest BCUT2D eigenvalue weighted by Gasteiger charge is -2.25. The Kier molecular flexibility index (Phi) is 4.66. The molecule has 2 aromatic heterocycles. The highest BCUT2D eigenvalue weighted by Crippen LogP contribution is 2.44. The summed E-state index contributed by atoms with van der Waals surface area (Å²) < 4.78 is 15.5. The number of pyridine rings is 1. The highest BCUT2D eigenvalue weighted by Gasteiger charge is 2.49. The summed E-state index contributed by atoms with van der Waals surface area (Å²) in [7, 11) is 0. The summed E-state index contributed by atoms with van der Waals surface area (Å²) in [6, 6.07) is 8.92. The van der Waals surface area contributed by atoms with Crippen LogP contribution < -0.4 is 0 Å². The lowest BCUT2D eigenvalue weighted by Crippen LogP contribution is -2.37. The summed E-state index contributed by atoms with van der Waals surface area (Å²) in [6.45, 7) is 0. The first-order valence-electron chi connectivity index (χ1n) is 9.70. The molecule has 2 aliphatic rings. The van der Waals surface area contributed by atoms with Crippen molar-refractivity contribution in [1.29, 1.82) is 0 Å². The maximum atomic E-state index is 14.6. The van der Waals surface area contributed by atoms with Crippen LogP contribution in [0, 0.1) is 11.7 Å². The molecule has 4 heterocycles. The molecule has 1 amide bonds. The lowest BCUT2D eigenvalue weighted by atomic mass is 9.86. The Morgan fingerprint density at radius 3 is 2.76 bits per heavy atom. The predicted molar refractivity (Wildman–Crippen MR) is 108 cm³/mol. The maximum Gasteiger partial charge on any atom is 0.256 e. The van der Waals surface area contributed by atoms with E-state index in [1.54, 1.807) is 12.1 Å². The molecule has 0 aliphatic carbocycles. The Balaban J connectivity index is 1.43. The summed E-state index contributed by atoms with van der Waals surface area (Å²) in [5.74, 6) is -0.281. The second kappa shape index (κ2) is 7.33. The predicted octanol–water partition coefficient (Wildman–Crippen LogP) is 3.80. The van der Waals surface area contributed by atoms with Crippen LogP contribution in [0.5, 0.6) is 0 Å². The monoisotopic (exact) mass is 455 g/mol. The van der Waals surface area contributed by atoms with Gasteiger partial charge in [0.2, 0.25) is 0 Å². The number of para-hydroxylation sites is 1. The van der Waals surface area contributed by atoms with Gasteiger partial charge in [0.25, 0.3) is 5.91 Å². The first-order chi connectivity index (χ1) is 14.1. The summed E-state index contributed by atoms with van der Waals surface area (Å²) >= 11 is 3.42. The van der Waals surface area contributed by atoms with Gasteiger partial charge in [-0.2, -0.15) is 10.2 Å².